The van der Waals surface area contributed by atoms with Crippen LogP contribution in [-0.2, 0) is 0 Å². The summed E-state index contributed by atoms with van der Waals surface area (Å²) in [6, 6.07) is 3.29. The van der Waals surface area contributed by atoms with Gasteiger partial charge in [0.15, 0.2) is 11.6 Å². The predicted octanol–water partition coefficient (Wildman–Crippen LogP) is 3.34. The molecule has 2 unspecified atom stereocenters. The number of fused-ring (bicyclic) bond motifs is 5. The summed E-state index contributed by atoms with van der Waals surface area (Å²) in [5, 5.41) is 0. The van der Waals surface area contributed by atoms with E-state index in [0.717, 1.165) is 11.1 Å². The van der Waals surface area contributed by atoms with Gasteiger partial charge in [0.25, 0.3) is 0 Å². The first-order chi connectivity index (χ1) is 7.59. The largest absolute Gasteiger partial charge is 0.280 e. The van der Waals surface area contributed by atoms with Gasteiger partial charge in [-0.15, -0.1) is 0 Å². The van der Waals surface area contributed by atoms with Gasteiger partial charge in [0.05, 0.1) is 12.1 Å². The highest BCUT2D eigenvalue weighted by atomic mass is 19.2. The van der Waals surface area contributed by atoms with Gasteiger partial charge >= 0.3 is 0 Å². The first-order valence-corrected chi connectivity index (χ1v) is 5.54. The lowest BCUT2D eigenvalue weighted by molar-refractivity contribution is 0.188. The summed E-state index contributed by atoms with van der Waals surface area (Å²) >= 11 is 0. The fourth-order valence-corrected chi connectivity index (χ4v) is 2.84. The molecule has 0 saturated heterocycles. The Kier molecular flexibility index (Phi) is 1.96. The van der Waals surface area contributed by atoms with Gasteiger partial charge in [-0.25, -0.2) is 8.78 Å². The van der Waals surface area contributed by atoms with E-state index in [1.807, 2.05) is 0 Å². The Morgan fingerprint density at radius 1 is 1.00 bits per heavy atom. The van der Waals surface area contributed by atoms with Gasteiger partial charge < -0.3 is 0 Å². The monoisotopic (exact) mass is 221 g/mol. The highest BCUT2D eigenvalue weighted by Crippen LogP contribution is 2.49. The molecule has 16 heavy (non-hydrogen) atoms. The van der Waals surface area contributed by atoms with Crippen molar-refractivity contribution >= 4 is 0 Å². The molecule has 1 aromatic carbocycles. The van der Waals surface area contributed by atoms with Gasteiger partial charge in [-0.1, -0.05) is 12.2 Å². The average Bonchev–Trinajstić information content (AvgIpc) is 2.75. The fourth-order valence-electron chi connectivity index (χ4n) is 2.84. The Morgan fingerprint density at radius 2 is 1.44 bits per heavy atom. The van der Waals surface area contributed by atoms with Crippen molar-refractivity contribution in [1.29, 1.82) is 0 Å². The first-order valence-electron chi connectivity index (χ1n) is 5.54. The Labute approximate surface area is 93.4 Å². The van der Waals surface area contributed by atoms with E-state index in [1.165, 1.54) is 12.1 Å². The number of rotatable bonds is 1. The number of halogens is 2. The summed E-state index contributed by atoms with van der Waals surface area (Å²) in [5.74, 6) is -1.49. The molecule has 0 aliphatic carbocycles. The average molecular weight is 221 g/mol. The zero-order chi connectivity index (χ0) is 11.4. The van der Waals surface area contributed by atoms with Crippen LogP contribution in [0.25, 0.3) is 0 Å². The summed E-state index contributed by atoms with van der Waals surface area (Å²) in [7, 11) is 0. The molecule has 2 bridgehead atoms. The number of nitrogens with zero attached hydrogens (tertiary/aromatic N) is 1. The molecule has 0 radical (unpaired) electrons. The van der Waals surface area contributed by atoms with Gasteiger partial charge in [-0.2, -0.15) is 0 Å². The third-order valence-electron chi connectivity index (χ3n) is 3.48. The molecule has 1 aromatic rings. The molecule has 84 valence electrons. The molecule has 3 rings (SSSR count). The van der Waals surface area contributed by atoms with E-state index in [1.54, 1.807) is 0 Å². The lowest BCUT2D eigenvalue weighted by Crippen LogP contribution is -2.27. The van der Waals surface area contributed by atoms with Crippen LogP contribution in [-0.4, -0.2) is 10.9 Å². The lowest BCUT2D eigenvalue weighted by atomic mass is 9.97. The number of hydrogen-bond donors (Lipinski definition) is 0. The summed E-state index contributed by atoms with van der Waals surface area (Å²) in [5.41, 5.74) is 1.83. The van der Waals surface area contributed by atoms with E-state index in [9.17, 15) is 8.78 Å². The molecule has 2 heterocycles. The molecule has 0 aromatic heterocycles. The highest BCUT2D eigenvalue weighted by molar-refractivity contribution is 5.47. The second-order valence-corrected chi connectivity index (χ2v) is 4.71. The van der Waals surface area contributed by atoms with Gasteiger partial charge in [0, 0.05) is 6.04 Å². The van der Waals surface area contributed by atoms with Gasteiger partial charge in [0.2, 0.25) is 0 Å². The fraction of sp³-hybridized carbons (Fsp3) is 0.385. The van der Waals surface area contributed by atoms with E-state index >= 15 is 0 Å². The van der Waals surface area contributed by atoms with E-state index in [4.69, 9.17) is 0 Å². The van der Waals surface area contributed by atoms with E-state index < -0.39 is 11.6 Å². The third-order valence-corrected chi connectivity index (χ3v) is 3.48. The molecule has 0 spiro atoms. The van der Waals surface area contributed by atoms with Crippen LogP contribution < -0.4 is 0 Å². The van der Waals surface area contributed by atoms with Gasteiger partial charge in [-0.3, -0.25) is 4.90 Å². The predicted molar refractivity (Wildman–Crippen MR) is 58.0 cm³/mol. The van der Waals surface area contributed by atoms with Crippen LogP contribution in [0.2, 0.25) is 0 Å². The molecule has 2 atom stereocenters. The van der Waals surface area contributed by atoms with E-state index in [-0.39, 0.29) is 12.1 Å². The Morgan fingerprint density at radius 3 is 1.81 bits per heavy atom. The molecule has 0 N–H and O–H groups in total. The molecule has 2 aliphatic rings. The van der Waals surface area contributed by atoms with Gasteiger partial charge in [-0.05, 0) is 37.1 Å². The van der Waals surface area contributed by atoms with Crippen molar-refractivity contribution in [2.75, 3.05) is 0 Å². The highest BCUT2D eigenvalue weighted by Gasteiger charge is 2.41. The summed E-state index contributed by atoms with van der Waals surface area (Å²) in [6.45, 7) is 4.21. The second-order valence-electron chi connectivity index (χ2n) is 4.71. The van der Waals surface area contributed by atoms with E-state index in [0.29, 0.717) is 6.04 Å². The summed E-state index contributed by atoms with van der Waals surface area (Å²) in [6.07, 6.45) is 4.15. The van der Waals surface area contributed by atoms with E-state index in [2.05, 4.69) is 30.9 Å². The smallest absolute Gasteiger partial charge is 0.159 e. The van der Waals surface area contributed by atoms with Gasteiger partial charge in [0.1, 0.15) is 0 Å². The first kappa shape index (κ1) is 9.97. The molecule has 2 aliphatic heterocycles. The minimum Gasteiger partial charge on any atom is -0.280 e. The maximum atomic E-state index is 13.2. The van der Waals surface area contributed by atoms with Crippen LogP contribution in [0.3, 0.4) is 0 Å². The van der Waals surface area contributed by atoms with Crippen molar-refractivity contribution in [2.24, 2.45) is 0 Å². The Balaban J connectivity index is 2.13. The van der Waals surface area contributed by atoms with Crippen LogP contribution in [0.4, 0.5) is 8.78 Å². The standard InChI is InChI=1S/C13H13F2N/c1-7(2)16-12-3-4-13(16)9-6-11(15)10(14)5-8(9)12/h3-7,12-13H,1-2H3. The topological polar surface area (TPSA) is 3.24 Å². The van der Waals surface area contributed by atoms with Crippen molar-refractivity contribution in [1.82, 2.24) is 4.90 Å². The summed E-state index contributed by atoms with van der Waals surface area (Å²) in [4.78, 5) is 2.27. The minimum absolute atomic E-state index is 0.120. The Bertz CT molecular complexity index is 440. The summed E-state index contributed by atoms with van der Waals surface area (Å²) < 4.78 is 26.4. The molecule has 0 amide bonds. The maximum Gasteiger partial charge on any atom is 0.159 e. The van der Waals surface area contributed by atoms with Crippen molar-refractivity contribution in [3.05, 3.63) is 47.0 Å². The molecular weight excluding hydrogens is 208 g/mol. The number of benzene rings is 1. The molecule has 0 fully saturated rings. The molecule has 0 saturated carbocycles. The van der Waals surface area contributed by atoms with Crippen molar-refractivity contribution in [2.45, 2.75) is 32.0 Å². The number of hydrogen-bond acceptors (Lipinski definition) is 1. The quantitative estimate of drug-likeness (QED) is 0.657. The zero-order valence-electron chi connectivity index (χ0n) is 9.24. The minimum atomic E-state index is -0.747. The van der Waals surface area contributed by atoms with Crippen molar-refractivity contribution in [3.63, 3.8) is 0 Å². The van der Waals surface area contributed by atoms with Crippen molar-refractivity contribution in [3.8, 4) is 0 Å². The SMILES string of the molecule is CC(C)N1C2C=CC1c1cc(F)c(F)cc12. The van der Waals surface area contributed by atoms with Crippen LogP contribution in [0.5, 0.6) is 0 Å². The third kappa shape index (κ3) is 1.12. The van der Waals surface area contributed by atoms with Crippen LogP contribution >= 0.6 is 0 Å². The van der Waals surface area contributed by atoms with Crippen LogP contribution in [0.15, 0.2) is 24.3 Å². The zero-order valence-corrected chi connectivity index (χ0v) is 9.24. The van der Waals surface area contributed by atoms with Crippen LogP contribution in [0.1, 0.15) is 37.1 Å². The molecule has 1 nitrogen and oxygen atoms in total. The second kappa shape index (κ2) is 3.14. The van der Waals surface area contributed by atoms with Crippen LogP contribution in [0, 0.1) is 11.6 Å². The van der Waals surface area contributed by atoms with Crippen molar-refractivity contribution < 1.29 is 8.78 Å². The normalized spacial score (nSPS) is 26.8. The lowest BCUT2D eigenvalue weighted by Gasteiger charge is -2.26. The maximum absolute atomic E-state index is 13.2. The molecule has 3 heteroatoms. The molecular formula is C13H13F2N. The Hall–Kier alpha value is -1.22.